The molecule has 2 aromatic carbocycles. The molecule has 0 aliphatic rings. The number of aromatic nitrogens is 1. The summed E-state index contributed by atoms with van der Waals surface area (Å²) in [5.41, 5.74) is 3.84. The minimum atomic E-state index is -0.224. The van der Waals surface area contributed by atoms with E-state index in [-0.39, 0.29) is 5.91 Å². The second kappa shape index (κ2) is 8.70. The number of carbonyl (C=O) groups is 1. The lowest BCUT2D eigenvalue weighted by Gasteiger charge is -2.04. The summed E-state index contributed by atoms with van der Waals surface area (Å²) in [5, 5.41) is 6.14. The number of amides is 1. The van der Waals surface area contributed by atoms with Crippen LogP contribution in [0.1, 0.15) is 30.9 Å². The Bertz CT molecular complexity index is 978. The largest absolute Gasteiger partial charge is 0.298 e. The van der Waals surface area contributed by atoms with Crippen molar-refractivity contribution in [1.82, 2.24) is 4.98 Å². The average molecular weight is 417 g/mol. The number of hydrogen-bond acceptors (Lipinski definition) is 3. The Morgan fingerprint density at radius 1 is 1.11 bits per heavy atom. The first kappa shape index (κ1) is 19.6. The molecule has 0 saturated heterocycles. The van der Waals surface area contributed by atoms with Gasteiger partial charge >= 0.3 is 0 Å². The summed E-state index contributed by atoms with van der Waals surface area (Å²) in [6.45, 7) is 4.30. The summed E-state index contributed by atoms with van der Waals surface area (Å²) in [7, 11) is 0. The first-order valence-corrected chi connectivity index (χ1v) is 10.1. The van der Waals surface area contributed by atoms with E-state index >= 15 is 0 Å². The molecule has 0 atom stereocenters. The summed E-state index contributed by atoms with van der Waals surface area (Å²) in [4.78, 5) is 16.6. The van der Waals surface area contributed by atoms with Gasteiger partial charge in [-0.2, -0.15) is 0 Å². The Balaban J connectivity index is 1.64. The molecule has 0 spiro atoms. The lowest BCUT2D eigenvalue weighted by Crippen LogP contribution is -2.07. The van der Waals surface area contributed by atoms with Gasteiger partial charge < -0.3 is 0 Å². The van der Waals surface area contributed by atoms with E-state index in [1.807, 2.05) is 23.6 Å². The van der Waals surface area contributed by atoms with E-state index in [1.165, 1.54) is 23.0 Å². The third-order valence-electron chi connectivity index (χ3n) is 3.98. The number of benzene rings is 2. The number of hydrogen-bond donors (Lipinski definition) is 1. The quantitative estimate of drug-likeness (QED) is 0.459. The highest BCUT2D eigenvalue weighted by atomic mass is 35.5. The van der Waals surface area contributed by atoms with Crippen molar-refractivity contribution in [3.8, 4) is 11.3 Å². The van der Waals surface area contributed by atoms with Gasteiger partial charge in [-0.05, 0) is 35.3 Å². The van der Waals surface area contributed by atoms with Gasteiger partial charge in [0.15, 0.2) is 5.13 Å². The van der Waals surface area contributed by atoms with Gasteiger partial charge in [0.25, 0.3) is 0 Å². The number of nitrogens with one attached hydrogen (secondary N) is 1. The first-order valence-electron chi connectivity index (χ1n) is 8.42. The molecule has 0 bridgehead atoms. The third kappa shape index (κ3) is 5.19. The number of nitrogens with zero attached hydrogens (tertiary/aromatic N) is 1. The van der Waals surface area contributed by atoms with E-state index in [2.05, 4.69) is 36.3 Å². The fraction of sp³-hybridized carbons (Fsp3) is 0.143. The van der Waals surface area contributed by atoms with Crippen LogP contribution in [-0.4, -0.2) is 10.9 Å². The minimum absolute atomic E-state index is 0.224. The van der Waals surface area contributed by atoms with Crippen LogP contribution in [0.25, 0.3) is 17.3 Å². The fourth-order valence-corrected chi connectivity index (χ4v) is 3.45. The highest BCUT2D eigenvalue weighted by molar-refractivity contribution is 7.14. The Hall–Kier alpha value is -2.14. The average Bonchev–Trinajstić information content (AvgIpc) is 3.11. The van der Waals surface area contributed by atoms with Crippen molar-refractivity contribution in [1.29, 1.82) is 0 Å². The van der Waals surface area contributed by atoms with Crippen molar-refractivity contribution >= 4 is 51.7 Å². The second-order valence-electron chi connectivity index (χ2n) is 6.31. The molecule has 1 heterocycles. The van der Waals surface area contributed by atoms with E-state index < -0.39 is 0 Å². The van der Waals surface area contributed by atoms with Crippen molar-refractivity contribution in [2.45, 2.75) is 19.8 Å². The van der Waals surface area contributed by atoms with Crippen LogP contribution in [0, 0.1) is 0 Å². The third-order valence-corrected chi connectivity index (χ3v) is 5.48. The normalized spacial score (nSPS) is 11.3. The van der Waals surface area contributed by atoms with Crippen molar-refractivity contribution in [3.05, 3.63) is 75.1 Å². The van der Waals surface area contributed by atoms with Gasteiger partial charge in [0, 0.05) is 17.0 Å². The highest BCUT2D eigenvalue weighted by Gasteiger charge is 2.08. The predicted octanol–water partition coefficient (Wildman–Crippen LogP) is 6.89. The summed E-state index contributed by atoms with van der Waals surface area (Å²) in [5.74, 6) is 0.263. The van der Waals surface area contributed by atoms with Crippen molar-refractivity contribution in [3.63, 3.8) is 0 Å². The van der Waals surface area contributed by atoms with Gasteiger partial charge in [-0.25, -0.2) is 4.98 Å². The van der Waals surface area contributed by atoms with Crippen molar-refractivity contribution < 1.29 is 4.79 Å². The fourth-order valence-electron chi connectivity index (χ4n) is 2.43. The Morgan fingerprint density at radius 3 is 2.52 bits per heavy atom. The van der Waals surface area contributed by atoms with E-state index in [4.69, 9.17) is 23.2 Å². The molecule has 138 valence electrons. The first-order chi connectivity index (χ1) is 12.9. The Morgan fingerprint density at radius 2 is 1.85 bits per heavy atom. The molecule has 0 radical (unpaired) electrons. The lowest BCUT2D eigenvalue weighted by atomic mass is 10.0. The van der Waals surface area contributed by atoms with Crippen LogP contribution in [0.5, 0.6) is 0 Å². The van der Waals surface area contributed by atoms with Gasteiger partial charge in [-0.15, -0.1) is 11.3 Å². The molecule has 3 nitrogen and oxygen atoms in total. The SMILES string of the molecule is CC(C)c1ccc(/C=C/C(=O)Nc2nc(-c3ccc(Cl)c(Cl)c3)cs2)cc1. The van der Waals surface area contributed by atoms with Crippen LogP contribution in [0.15, 0.2) is 53.9 Å². The smallest absolute Gasteiger partial charge is 0.250 e. The molecular formula is C21H18Cl2N2OS. The van der Waals surface area contributed by atoms with E-state index in [0.717, 1.165) is 16.8 Å². The maximum Gasteiger partial charge on any atom is 0.250 e. The molecule has 0 unspecified atom stereocenters. The molecule has 6 heteroatoms. The molecule has 3 aromatic rings. The standard InChI is InChI=1S/C21H18Cl2N2OS/c1-13(2)15-6-3-14(4-7-15)5-10-20(26)25-21-24-19(12-27-21)16-8-9-17(22)18(23)11-16/h3-13H,1-2H3,(H,24,25,26)/b10-5+. The summed E-state index contributed by atoms with van der Waals surface area (Å²) in [6, 6.07) is 13.5. The topological polar surface area (TPSA) is 42.0 Å². The number of anilines is 1. The van der Waals surface area contributed by atoms with Crippen LogP contribution < -0.4 is 5.32 Å². The molecule has 1 aromatic heterocycles. The summed E-state index contributed by atoms with van der Waals surface area (Å²) in [6.07, 6.45) is 3.29. The monoisotopic (exact) mass is 416 g/mol. The molecule has 1 N–H and O–H groups in total. The molecule has 0 aliphatic carbocycles. The van der Waals surface area contributed by atoms with Gasteiger partial charge in [-0.3, -0.25) is 10.1 Å². The minimum Gasteiger partial charge on any atom is -0.298 e. The Kier molecular flexibility index (Phi) is 6.32. The maximum atomic E-state index is 12.1. The zero-order valence-corrected chi connectivity index (χ0v) is 17.2. The lowest BCUT2D eigenvalue weighted by molar-refractivity contribution is -0.111. The van der Waals surface area contributed by atoms with Gasteiger partial charge in [0.05, 0.1) is 15.7 Å². The van der Waals surface area contributed by atoms with Crippen LogP contribution in [0.2, 0.25) is 10.0 Å². The van der Waals surface area contributed by atoms with Gasteiger partial charge in [0.1, 0.15) is 0 Å². The van der Waals surface area contributed by atoms with E-state index in [1.54, 1.807) is 18.2 Å². The van der Waals surface area contributed by atoms with Gasteiger partial charge in [0.2, 0.25) is 5.91 Å². The van der Waals surface area contributed by atoms with E-state index in [9.17, 15) is 4.79 Å². The van der Waals surface area contributed by atoms with Crippen LogP contribution in [0.3, 0.4) is 0 Å². The summed E-state index contributed by atoms with van der Waals surface area (Å²) >= 11 is 13.3. The highest BCUT2D eigenvalue weighted by Crippen LogP contribution is 2.30. The van der Waals surface area contributed by atoms with Crippen LogP contribution >= 0.6 is 34.5 Å². The predicted molar refractivity (Wildman–Crippen MR) is 116 cm³/mol. The van der Waals surface area contributed by atoms with Crippen molar-refractivity contribution in [2.75, 3.05) is 5.32 Å². The van der Waals surface area contributed by atoms with Crippen LogP contribution in [0.4, 0.5) is 5.13 Å². The molecule has 0 fully saturated rings. The number of rotatable bonds is 5. The zero-order chi connectivity index (χ0) is 19.4. The maximum absolute atomic E-state index is 12.1. The molecule has 1 amide bonds. The number of halogens is 2. The second-order valence-corrected chi connectivity index (χ2v) is 7.98. The van der Waals surface area contributed by atoms with E-state index in [0.29, 0.717) is 21.1 Å². The number of thiazole rings is 1. The molecular weight excluding hydrogens is 399 g/mol. The molecule has 0 saturated carbocycles. The van der Waals surface area contributed by atoms with Crippen LogP contribution in [-0.2, 0) is 4.79 Å². The van der Waals surface area contributed by atoms with Gasteiger partial charge in [-0.1, -0.05) is 67.4 Å². The molecule has 27 heavy (non-hydrogen) atoms. The van der Waals surface area contributed by atoms with Crippen molar-refractivity contribution in [2.24, 2.45) is 0 Å². The molecule has 3 rings (SSSR count). The molecule has 0 aliphatic heterocycles. The zero-order valence-electron chi connectivity index (χ0n) is 14.9. The summed E-state index contributed by atoms with van der Waals surface area (Å²) < 4.78 is 0. The Labute approximate surface area is 172 Å². The number of carbonyl (C=O) groups excluding carboxylic acids is 1.